The Morgan fingerprint density at radius 3 is 3.08 bits per heavy atom. The molecule has 1 heterocycles. The highest BCUT2D eigenvalue weighted by Crippen LogP contribution is 2.31. The molecule has 2 rings (SSSR count). The van der Waals surface area contributed by atoms with E-state index in [-0.39, 0.29) is 6.61 Å². The molecule has 2 N–H and O–H groups in total. The fourth-order valence-corrected chi connectivity index (χ4v) is 1.71. The van der Waals surface area contributed by atoms with Crippen LogP contribution < -0.4 is 5.32 Å². The molecule has 1 aliphatic carbocycles. The summed E-state index contributed by atoms with van der Waals surface area (Å²) >= 11 is 0. The summed E-state index contributed by atoms with van der Waals surface area (Å²) in [5.41, 5.74) is 0.805. The van der Waals surface area contributed by atoms with Gasteiger partial charge in [-0.05, 0) is 19.9 Å². The van der Waals surface area contributed by atoms with Gasteiger partial charge in [0.25, 0.3) is 0 Å². The van der Waals surface area contributed by atoms with Crippen molar-refractivity contribution in [1.82, 2.24) is 20.3 Å². The largest absolute Gasteiger partial charge is 0.390 e. The predicted molar refractivity (Wildman–Crippen MR) is 47.1 cm³/mol. The van der Waals surface area contributed by atoms with E-state index in [9.17, 15) is 0 Å². The SMILES string of the molecule is CN[C@H]1C[C@H](n2nncc2CO)C1. The van der Waals surface area contributed by atoms with Crippen LogP contribution in [0.5, 0.6) is 0 Å². The van der Waals surface area contributed by atoms with Crippen LogP contribution in [0.1, 0.15) is 24.6 Å². The molecule has 0 spiro atoms. The van der Waals surface area contributed by atoms with Crippen molar-refractivity contribution in [2.45, 2.75) is 31.5 Å². The molecule has 5 nitrogen and oxygen atoms in total. The Bertz CT molecular complexity index is 279. The second-order valence-electron chi connectivity index (χ2n) is 3.44. The summed E-state index contributed by atoms with van der Waals surface area (Å²) in [5.74, 6) is 0. The summed E-state index contributed by atoms with van der Waals surface area (Å²) in [6, 6.07) is 1.02. The van der Waals surface area contributed by atoms with Crippen molar-refractivity contribution in [3.63, 3.8) is 0 Å². The number of nitrogens with zero attached hydrogens (tertiary/aromatic N) is 3. The van der Waals surface area contributed by atoms with E-state index in [4.69, 9.17) is 5.11 Å². The van der Waals surface area contributed by atoms with Gasteiger partial charge in [0.2, 0.25) is 0 Å². The summed E-state index contributed by atoms with van der Waals surface area (Å²) in [7, 11) is 1.97. The van der Waals surface area contributed by atoms with Crippen molar-refractivity contribution >= 4 is 0 Å². The first-order chi connectivity index (χ1) is 6.35. The van der Waals surface area contributed by atoms with Crippen molar-refractivity contribution in [3.05, 3.63) is 11.9 Å². The second kappa shape index (κ2) is 3.43. The molecule has 0 aliphatic heterocycles. The number of hydrogen-bond acceptors (Lipinski definition) is 4. The maximum Gasteiger partial charge on any atom is 0.0866 e. The van der Waals surface area contributed by atoms with Crippen molar-refractivity contribution in [2.75, 3.05) is 7.05 Å². The van der Waals surface area contributed by atoms with E-state index >= 15 is 0 Å². The fourth-order valence-electron chi connectivity index (χ4n) is 1.71. The molecule has 72 valence electrons. The van der Waals surface area contributed by atoms with Crippen LogP contribution >= 0.6 is 0 Å². The Morgan fingerprint density at radius 2 is 2.46 bits per heavy atom. The number of aliphatic hydroxyl groups excluding tert-OH is 1. The molecule has 0 radical (unpaired) electrons. The molecule has 0 bridgehead atoms. The minimum absolute atomic E-state index is 0.0215. The summed E-state index contributed by atoms with van der Waals surface area (Å²) < 4.78 is 1.83. The third kappa shape index (κ3) is 1.45. The van der Waals surface area contributed by atoms with Gasteiger partial charge in [0.15, 0.2) is 0 Å². The van der Waals surface area contributed by atoms with Gasteiger partial charge in [0.1, 0.15) is 0 Å². The molecule has 0 saturated heterocycles. The molecule has 13 heavy (non-hydrogen) atoms. The second-order valence-corrected chi connectivity index (χ2v) is 3.44. The van der Waals surface area contributed by atoms with Gasteiger partial charge in [-0.2, -0.15) is 0 Å². The molecule has 0 atom stereocenters. The molecule has 0 amide bonds. The van der Waals surface area contributed by atoms with Gasteiger partial charge in [0.05, 0.1) is 24.5 Å². The van der Waals surface area contributed by atoms with Crippen LogP contribution in [-0.2, 0) is 6.61 Å². The quantitative estimate of drug-likeness (QED) is 0.673. The Hall–Kier alpha value is -0.940. The topological polar surface area (TPSA) is 63.0 Å². The summed E-state index contributed by atoms with van der Waals surface area (Å²) in [5, 5.41) is 19.9. The molecule has 1 aromatic heterocycles. The van der Waals surface area contributed by atoms with Crippen LogP contribution in [-0.4, -0.2) is 33.2 Å². The van der Waals surface area contributed by atoms with Crippen LogP contribution in [0, 0.1) is 0 Å². The van der Waals surface area contributed by atoms with Gasteiger partial charge in [-0.3, -0.25) is 0 Å². The van der Waals surface area contributed by atoms with Crippen molar-refractivity contribution in [3.8, 4) is 0 Å². The third-order valence-corrected chi connectivity index (χ3v) is 2.68. The van der Waals surface area contributed by atoms with Crippen LogP contribution in [0.3, 0.4) is 0 Å². The highest BCUT2D eigenvalue weighted by atomic mass is 16.3. The number of nitrogens with one attached hydrogen (secondary N) is 1. The first-order valence-electron chi connectivity index (χ1n) is 4.52. The van der Waals surface area contributed by atoms with E-state index in [0.717, 1.165) is 18.5 Å². The predicted octanol–water partition coefficient (Wildman–Crippen LogP) is -0.307. The van der Waals surface area contributed by atoms with Crippen molar-refractivity contribution in [2.24, 2.45) is 0 Å². The standard InChI is InChI=1S/C8H14N4O/c1-9-6-2-7(3-6)12-8(5-13)4-10-11-12/h4,6-7,9,13H,2-3,5H2,1H3/t6-,7-. The number of rotatable bonds is 3. The highest BCUT2D eigenvalue weighted by Gasteiger charge is 2.30. The first-order valence-corrected chi connectivity index (χ1v) is 4.52. The first kappa shape index (κ1) is 8.65. The van der Waals surface area contributed by atoms with E-state index < -0.39 is 0 Å². The molecule has 1 aliphatic rings. The highest BCUT2D eigenvalue weighted by molar-refractivity contribution is 4.98. The fraction of sp³-hybridized carbons (Fsp3) is 0.750. The van der Waals surface area contributed by atoms with E-state index in [1.54, 1.807) is 6.20 Å². The normalized spacial score (nSPS) is 27.2. The number of hydrogen-bond donors (Lipinski definition) is 2. The Morgan fingerprint density at radius 1 is 1.69 bits per heavy atom. The van der Waals surface area contributed by atoms with Crippen LogP contribution in [0.2, 0.25) is 0 Å². The van der Waals surface area contributed by atoms with Crippen molar-refractivity contribution < 1.29 is 5.11 Å². The van der Waals surface area contributed by atoms with Gasteiger partial charge in [-0.25, -0.2) is 4.68 Å². The molecule has 0 aromatic carbocycles. The van der Waals surface area contributed by atoms with Crippen LogP contribution in [0.25, 0.3) is 0 Å². The Balaban J connectivity index is 2.02. The lowest BCUT2D eigenvalue weighted by Gasteiger charge is -2.35. The zero-order valence-electron chi connectivity index (χ0n) is 7.64. The Kier molecular flexibility index (Phi) is 2.28. The van der Waals surface area contributed by atoms with Gasteiger partial charge in [-0.1, -0.05) is 5.21 Å². The van der Waals surface area contributed by atoms with Crippen molar-refractivity contribution in [1.29, 1.82) is 0 Å². The van der Waals surface area contributed by atoms with E-state index in [0.29, 0.717) is 12.1 Å². The maximum atomic E-state index is 8.98. The lowest BCUT2D eigenvalue weighted by Crippen LogP contribution is -2.41. The van der Waals surface area contributed by atoms with E-state index in [2.05, 4.69) is 15.6 Å². The van der Waals surface area contributed by atoms with Gasteiger partial charge < -0.3 is 10.4 Å². The number of aliphatic hydroxyl groups is 1. The molecule has 5 heteroatoms. The molecular weight excluding hydrogens is 168 g/mol. The van der Waals surface area contributed by atoms with Crippen LogP contribution in [0.4, 0.5) is 0 Å². The monoisotopic (exact) mass is 182 g/mol. The lowest BCUT2D eigenvalue weighted by atomic mass is 9.87. The zero-order chi connectivity index (χ0) is 9.26. The molecule has 1 aromatic rings. The Labute approximate surface area is 76.8 Å². The van der Waals surface area contributed by atoms with Gasteiger partial charge >= 0.3 is 0 Å². The molecule has 0 unspecified atom stereocenters. The smallest absolute Gasteiger partial charge is 0.0866 e. The minimum Gasteiger partial charge on any atom is -0.390 e. The average molecular weight is 182 g/mol. The molecule has 1 fully saturated rings. The summed E-state index contributed by atoms with van der Waals surface area (Å²) in [4.78, 5) is 0. The van der Waals surface area contributed by atoms with Crippen LogP contribution in [0.15, 0.2) is 6.20 Å². The molecular formula is C8H14N4O. The molecule has 1 saturated carbocycles. The summed E-state index contributed by atoms with van der Waals surface area (Å²) in [6.45, 7) is 0.0215. The average Bonchev–Trinajstić information content (AvgIpc) is 2.50. The zero-order valence-corrected chi connectivity index (χ0v) is 7.64. The lowest BCUT2D eigenvalue weighted by molar-refractivity contribution is 0.195. The van der Waals surface area contributed by atoms with E-state index in [1.165, 1.54) is 0 Å². The number of aromatic nitrogens is 3. The van der Waals surface area contributed by atoms with Gasteiger partial charge in [-0.15, -0.1) is 5.10 Å². The van der Waals surface area contributed by atoms with Gasteiger partial charge in [0, 0.05) is 6.04 Å². The minimum atomic E-state index is 0.0215. The van der Waals surface area contributed by atoms with E-state index in [1.807, 2.05) is 11.7 Å². The third-order valence-electron chi connectivity index (χ3n) is 2.68. The maximum absolute atomic E-state index is 8.98. The summed E-state index contributed by atoms with van der Waals surface area (Å²) in [6.07, 6.45) is 3.77.